The van der Waals surface area contributed by atoms with Crippen molar-refractivity contribution in [1.82, 2.24) is 10.2 Å². The smallest absolute Gasteiger partial charge is 0.226 e. The van der Waals surface area contributed by atoms with Crippen LogP contribution in [-0.2, 0) is 19.2 Å². The van der Waals surface area contributed by atoms with Crippen molar-refractivity contribution in [1.29, 1.82) is 0 Å². The number of fused-ring (bicyclic) bond motifs is 1. The van der Waals surface area contributed by atoms with Crippen molar-refractivity contribution in [2.75, 3.05) is 0 Å². The van der Waals surface area contributed by atoms with Gasteiger partial charge >= 0.3 is 0 Å². The highest BCUT2D eigenvalue weighted by molar-refractivity contribution is 6.38. The molecule has 184 valence electrons. The van der Waals surface area contributed by atoms with E-state index >= 15 is 0 Å². The van der Waals surface area contributed by atoms with Gasteiger partial charge in [0.15, 0.2) is 17.6 Å². The SMILES string of the molecule is CC(C)(C)C(=O)NC1C(=O)C=CC(=C2C=CN3C(=C2)C(=O)C(c2ccccc2)=C3c2ccccc2)C1=O. The van der Waals surface area contributed by atoms with E-state index in [4.69, 9.17) is 0 Å². The van der Waals surface area contributed by atoms with Gasteiger partial charge in [-0.15, -0.1) is 0 Å². The lowest BCUT2D eigenvalue weighted by Crippen LogP contribution is -2.51. The van der Waals surface area contributed by atoms with Crippen LogP contribution in [0.15, 0.2) is 108 Å². The highest BCUT2D eigenvalue weighted by Gasteiger charge is 2.39. The number of rotatable bonds is 3. The van der Waals surface area contributed by atoms with Crippen molar-refractivity contribution >= 4 is 34.5 Å². The molecule has 1 amide bonds. The number of hydrogen-bond donors (Lipinski definition) is 1. The van der Waals surface area contributed by atoms with E-state index < -0.39 is 28.9 Å². The monoisotopic (exact) mass is 490 g/mol. The van der Waals surface area contributed by atoms with E-state index in [2.05, 4.69) is 5.32 Å². The Morgan fingerprint density at radius 2 is 1.46 bits per heavy atom. The molecular weight excluding hydrogens is 464 g/mol. The minimum atomic E-state index is -1.29. The second-order valence-corrected chi connectivity index (χ2v) is 10.1. The highest BCUT2D eigenvalue weighted by Crippen LogP contribution is 2.43. The van der Waals surface area contributed by atoms with Crippen molar-refractivity contribution in [2.45, 2.75) is 26.8 Å². The number of benzene rings is 2. The minimum absolute atomic E-state index is 0.159. The Kier molecular flexibility index (Phi) is 5.96. The van der Waals surface area contributed by atoms with Crippen LogP contribution in [-0.4, -0.2) is 34.2 Å². The van der Waals surface area contributed by atoms with Gasteiger partial charge in [0.25, 0.3) is 0 Å². The Hall–Kier alpha value is -4.58. The maximum absolute atomic E-state index is 13.8. The van der Waals surface area contributed by atoms with Gasteiger partial charge in [-0.25, -0.2) is 0 Å². The number of allylic oxidation sites excluding steroid dienone is 5. The fourth-order valence-electron chi connectivity index (χ4n) is 4.50. The van der Waals surface area contributed by atoms with E-state index in [1.165, 1.54) is 12.2 Å². The molecular formula is C31H26N2O4. The number of ketones is 3. The Bertz CT molecular complexity index is 1480. The molecule has 1 atom stereocenters. The molecule has 1 unspecified atom stereocenters. The van der Waals surface area contributed by atoms with Crippen molar-refractivity contribution in [2.24, 2.45) is 5.41 Å². The molecule has 6 heteroatoms. The molecule has 3 aliphatic rings. The molecule has 0 radical (unpaired) electrons. The fraction of sp³-hybridized carbons (Fsp3) is 0.161. The molecule has 0 fully saturated rings. The summed E-state index contributed by atoms with van der Waals surface area (Å²) in [6.07, 6.45) is 7.96. The van der Waals surface area contributed by atoms with Gasteiger partial charge in [-0.2, -0.15) is 0 Å². The lowest BCUT2D eigenvalue weighted by atomic mass is 9.88. The molecule has 0 aromatic heterocycles. The van der Waals surface area contributed by atoms with Gasteiger partial charge in [0.05, 0.1) is 17.0 Å². The van der Waals surface area contributed by atoms with E-state index in [0.29, 0.717) is 16.8 Å². The average molecular weight is 491 g/mol. The summed E-state index contributed by atoms with van der Waals surface area (Å²) in [5.74, 6) is -1.52. The summed E-state index contributed by atoms with van der Waals surface area (Å²) >= 11 is 0. The van der Waals surface area contributed by atoms with Crippen LogP contribution in [0, 0.1) is 5.41 Å². The van der Waals surface area contributed by atoms with Crippen molar-refractivity contribution in [3.05, 3.63) is 119 Å². The minimum Gasteiger partial charge on any atom is -0.339 e. The molecule has 2 heterocycles. The number of carbonyl (C=O) groups is 4. The second kappa shape index (κ2) is 9.13. The number of carbonyl (C=O) groups excluding carboxylic acids is 4. The Morgan fingerprint density at radius 3 is 2.08 bits per heavy atom. The van der Waals surface area contributed by atoms with Crippen molar-refractivity contribution in [3.63, 3.8) is 0 Å². The summed E-state index contributed by atoms with van der Waals surface area (Å²) in [7, 11) is 0. The zero-order valence-corrected chi connectivity index (χ0v) is 20.8. The predicted octanol–water partition coefficient (Wildman–Crippen LogP) is 4.39. The first kappa shape index (κ1) is 24.1. The summed E-state index contributed by atoms with van der Waals surface area (Å²) in [6.45, 7) is 5.14. The molecule has 2 aromatic rings. The largest absolute Gasteiger partial charge is 0.339 e. The Balaban J connectivity index is 1.57. The summed E-state index contributed by atoms with van der Waals surface area (Å²) in [5.41, 5.74) is 3.46. The standard InChI is InChI=1S/C31H26N2O4/c1-31(2,3)30(37)32-26-24(34)15-14-22(28(26)35)21-16-17-33-23(18-21)29(36)25(19-10-6-4-7-11-19)27(33)20-12-8-5-9-13-20/h4-18,26H,1-3H3,(H,32,37). The summed E-state index contributed by atoms with van der Waals surface area (Å²) < 4.78 is 0. The highest BCUT2D eigenvalue weighted by atomic mass is 16.2. The average Bonchev–Trinajstić information content (AvgIpc) is 3.18. The zero-order chi connectivity index (χ0) is 26.3. The predicted molar refractivity (Wildman–Crippen MR) is 141 cm³/mol. The van der Waals surface area contributed by atoms with E-state index in [9.17, 15) is 19.2 Å². The molecule has 0 saturated carbocycles. The Labute approximate surface area is 215 Å². The third kappa shape index (κ3) is 4.31. The fourth-order valence-corrected chi connectivity index (χ4v) is 4.50. The second-order valence-electron chi connectivity index (χ2n) is 10.1. The number of nitrogens with zero attached hydrogens (tertiary/aromatic N) is 1. The van der Waals surface area contributed by atoms with Crippen LogP contribution in [0.5, 0.6) is 0 Å². The molecule has 2 aromatic carbocycles. The van der Waals surface area contributed by atoms with E-state index in [1.54, 1.807) is 39.1 Å². The van der Waals surface area contributed by atoms with E-state index in [-0.39, 0.29) is 11.4 Å². The first-order chi connectivity index (χ1) is 17.7. The first-order valence-electron chi connectivity index (χ1n) is 12.1. The molecule has 6 nitrogen and oxygen atoms in total. The third-order valence-electron chi connectivity index (χ3n) is 6.50. The quantitative estimate of drug-likeness (QED) is 0.510. The van der Waals surface area contributed by atoms with Crippen molar-refractivity contribution in [3.8, 4) is 0 Å². The normalized spacial score (nSPS) is 21.4. The van der Waals surface area contributed by atoms with Crippen LogP contribution >= 0.6 is 0 Å². The molecule has 0 saturated heterocycles. The molecule has 0 bridgehead atoms. The molecule has 1 aliphatic carbocycles. The number of hydrogen-bond acceptors (Lipinski definition) is 5. The van der Waals surface area contributed by atoms with E-state index in [1.807, 2.05) is 65.6 Å². The zero-order valence-electron chi connectivity index (χ0n) is 20.8. The van der Waals surface area contributed by atoms with Crippen LogP contribution in [0.3, 0.4) is 0 Å². The first-order valence-corrected chi connectivity index (χ1v) is 12.1. The van der Waals surface area contributed by atoms with Gasteiger partial charge in [-0.1, -0.05) is 81.4 Å². The van der Waals surface area contributed by atoms with Crippen LogP contribution in [0.4, 0.5) is 0 Å². The maximum Gasteiger partial charge on any atom is 0.226 e. The summed E-state index contributed by atoms with van der Waals surface area (Å²) in [6, 6.07) is 17.9. The van der Waals surface area contributed by atoms with Gasteiger partial charge in [-0.3, -0.25) is 19.2 Å². The van der Waals surface area contributed by atoms with Gasteiger partial charge in [-0.05, 0) is 41.0 Å². The lowest BCUT2D eigenvalue weighted by Gasteiger charge is -2.26. The summed E-state index contributed by atoms with van der Waals surface area (Å²) in [5, 5.41) is 2.59. The molecule has 2 aliphatic heterocycles. The van der Waals surface area contributed by atoms with Crippen LogP contribution in [0.2, 0.25) is 0 Å². The maximum atomic E-state index is 13.8. The van der Waals surface area contributed by atoms with Crippen LogP contribution in [0.25, 0.3) is 11.3 Å². The Morgan fingerprint density at radius 1 is 0.838 bits per heavy atom. The van der Waals surface area contributed by atoms with Gasteiger partial charge in [0, 0.05) is 17.2 Å². The molecule has 37 heavy (non-hydrogen) atoms. The van der Waals surface area contributed by atoms with Crippen molar-refractivity contribution < 1.29 is 19.2 Å². The van der Waals surface area contributed by atoms with Crippen LogP contribution < -0.4 is 5.32 Å². The van der Waals surface area contributed by atoms with Crippen LogP contribution in [0.1, 0.15) is 31.9 Å². The third-order valence-corrected chi connectivity index (χ3v) is 6.50. The molecule has 0 spiro atoms. The van der Waals surface area contributed by atoms with Gasteiger partial charge in [0.1, 0.15) is 0 Å². The number of amides is 1. The van der Waals surface area contributed by atoms with E-state index in [0.717, 1.165) is 16.8 Å². The van der Waals surface area contributed by atoms with Gasteiger partial charge < -0.3 is 10.2 Å². The molecule has 5 rings (SSSR count). The number of Topliss-reactive ketones (excluding diaryl/α,β-unsaturated/α-hetero) is 2. The lowest BCUT2D eigenvalue weighted by molar-refractivity contribution is -0.135. The topological polar surface area (TPSA) is 83.6 Å². The van der Waals surface area contributed by atoms with Gasteiger partial charge in [0.2, 0.25) is 11.7 Å². The summed E-state index contributed by atoms with van der Waals surface area (Å²) in [4.78, 5) is 53.9. The molecule has 1 N–H and O–H groups in total. The number of nitrogens with one attached hydrogen (secondary N) is 1.